The van der Waals surface area contributed by atoms with Gasteiger partial charge in [0.25, 0.3) is 0 Å². The van der Waals surface area contributed by atoms with Gasteiger partial charge in [0.2, 0.25) is 0 Å². The predicted octanol–water partition coefficient (Wildman–Crippen LogP) is 2.16. The maximum Gasteiger partial charge on any atom is 0.163 e. The van der Waals surface area contributed by atoms with Crippen LogP contribution >= 0.6 is 0 Å². The van der Waals surface area contributed by atoms with Crippen molar-refractivity contribution in [2.45, 2.75) is 0 Å². The number of hydrogen-bond acceptors (Lipinski definition) is 4. The Kier molecular flexibility index (Phi) is 3.00. The van der Waals surface area contributed by atoms with E-state index in [1.165, 1.54) is 0 Å². The molecule has 0 fully saturated rings. The third kappa shape index (κ3) is 1.95. The highest BCUT2D eigenvalue weighted by Crippen LogP contribution is 2.30. The van der Waals surface area contributed by atoms with E-state index in [0.717, 1.165) is 17.1 Å². The molecule has 0 saturated carbocycles. The summed E-state index contributed by atoms with van der Waals surface area (Å²) in [4.78, 5) is 8.37. The quantitative estimate of drug-likeness (QED) is 0.788. The maximum absolute atomic E-state index is 5.26. The highest BCUT2D eigenvalue weighted by Gasteiger charge is 2.09. The van der Waals surface area contributed by atoms with Crippen LogP contribution in [0.15, 0.2) is 36.7 Å². The van der Waals surface area contributed by atoms with E-state index in [0.29, 0.717) is 5.82 Å². The summed E-state index contributed by atoms with van der Waals surface area (Å²) < 4.78 is 10.4. The monoisotopic (exact) mass is 216 g/mol. The largest absolute Gasteiger partial charge is 0.497 e. The average Bonchev–Trinajstić information content (AvgIpc) is 2.39. The summed E-state index contributed by atoms with van der Waals surface area (Å²) in [7, 11) is 3.24. The van der Waals surface area contributed by atoms with E-state index in [1.54, 1.807) is 32.7 Å². The van der Waals surface area contributed by atoms with Crippen LogP contribution in [-0.2, 0) is 0 Å². The number of methoxy groups -OCH3 is 2. The molecule has 1 aromatic heterocycles. The van der Waals surface area contributed by atoms with Crippen LogP contribution in [0.4, 0.5) is 0 Å². The fourth-order valence-corrected chi connectivity index (χ4v) is 1.43. The first-order valence-corrected chi connectivity index (χ1v) is 4.84. The second-order valence-corrected chi connectivity index (χ2v) is 3.14. The number of nitrogens with zero attached hydrogens (tertiary/aromatic N) is 2. The summed E-state index contributed by atoms with van der Waals surface area (Å²) in [6.07, 6.45) is 3.39. The van der Waals surface area contributed by atoms with Gasteiger partial charge in [-0.15, -0.1) is 0 Å². The van der Waals surface area contributed by atoms with Crippen molar-refractivity contribution >= 4 is 0 Å². The first-order valence-electron chi connectivity index (χ1n) is 4.84. The summed E-state index contributed by atoms with van der Waals surface area (Å²) >= 11 is 0. The van der Waals surface area contributed by atoms with E-state index >= 15 is 0 Å². The minimum absolute atomic E-state index is 0.623. The van der Waals surface area contributed by atoms with Gasteiger partial charge in [-0.25, -0.2) is 9.97 Å². The van der Waals surface area contributed by atoms with Crippen molar-refractivity contribution in [2.75, 3.05) is 14.2 Å². The molecule has 0 unspecified atom stereocenters. The molecule has 0 aliphatic carbocycles. The normalized spacial score (nSPS) is 9.88. The van der Waals surface area contributed by atoms with Gasteiger partial charge in [0.1, 0.15) is 11.5 Å². The Bertz CT molecular complexity index is 472. The Labute approximate surface area is 93.9 Å². The van der Waals surface area contributed by atoms with E-state index < -0.39 is 0 Å². The second-order valence-electron chi connectivity index (χ2n) is 3.14. The first kappa shape index (κ1) is 10.4. The van der Waals surface area contributed by atoms with Gasteiger partial charge in [-0.3, -0.25) is 0 Å². The van der Waals surface area contributed by atoms with Gasteiger partial charge < -0.3 is 9.47 Å². The van der Waals surface area contributed by atoms with Gasteiger partial charge in [-0.1, -0.05) is 0 Å². The molecule has 0 saturated heterocycles. The minimum Gasteiger partial charge on any atom is -0.497 e. The Balaban J connectivity index is 2.53. The molecule has 82 valence electrons. The lowest BCUT2D eigenvalue weighted by atomic mass is 10.1. The average molecular weight is 216 g/mol. The summed E-state index contributed by atoms with van der Waals surface area (Å²) in [6, 6.07) is 7.31. The second kappa shape index (κ2) is 4.61. The van der Waals surface area contributed by atoms with Crippen molar-refractivity contribution in [3.8, 4) is 22.9 Å². The third-order valence-corrected chi connectivity index (χ3v) is 2.21. The molecular weight excluding hydrogens is 204 g/mol. The fraction of sp³-hybridized carbons (Fsp3) is 0.167. The lowest BCUT2D eigenvalue weighted by Gasteiger charge is -2.08. The van der Waals surface area contributed by atoms with E-state index in [-0.39, 0.29) is 0 Å². The molecule has 4 nitrogen and oxygen atoms in total. The van der Waals surface area contributed by atoms with Gasteiger partial charge in [0, 0.05) is 12.4 Å². The molecule has 4 heteroatoms. The molecule has 0 radical (unpaired) electrons. The highest BCUT2D eigenvalue weighted by molar-refractivity contribution is 5.66. The zero-order valence-corrected chi connectivity index (χ0v) is 9.18. The van der Waals surface area contributed by atoms with Crippen LogP contribution in [0, 0.1) is 0 Å². The van der Waals surface area contributed by atoms with Crippen molar-refractivity contribution < 1.29 is 9.47 Å². The number of rotatable bonds is 3. The van der Waals surface area contributed by atoms with Crippen LogP contribution in [0.3, 0.4) is 0 Å². The molecule has 1 heterocycles. The Hall–Kier alpha value is -2.10. The van der Waals surface area contributed by atoms with Gasteiger partial charge in [-0.05, 0) is 24.3 Å². The van der Waals surface area contributed by atoms with Crippen LogP contribution in [0.2, 0.25) is 0 Å². The summed E-state index contributed by atoms with van der Waals surface area (Å²) in [6.45, 7) is 0. The molecule has 0 atom stereocenters. The van der Waals surface area contributed by atoms with Crippen LogP contribution in [0.5, 0.6) is 11.5 Å². The van der Waals surface area contributed by atoms with Crippen molar-refractivity contribution in [3.63, 3.8) is 0 Å². The zero-order valence-electron chi connectivity index (χ0n) is 9.18. The van der Waals surface area contributed by atoms with Crippen LogP contribution in [0.1, 0.15) is 0 Å². The summed E-state index contributed by atoms with van der Waals surface area (Å²) in [5.41, 5.74) is 0.822. The van der Waals surface area contributed by atoms with Crippen molar-refractivity contribution in [1.29, 1.82) is 0 Å². The highest BCUT2D eigenvalue weighted by atomic mass is 16.5. The number of aromatic nitrogens is 2. The lowest BCUT2D eigenvalue weighted by Crippen LogP contribution is -1.93. The first-order chi connectivity index (χ1) is 7.85. The molecule has 0 N–H and O–H groups in total. The minimum atomic E-state index is 0.623. The SMILES string of the molecule is COc1ccc(OC)c(-c2ncccn2)c1. The van der Waals surface area contributed by atoms with Gasteiger partial charge >= 0.3 is 0 Å². The zero-order chi connectivity index (χ0) is 11.4. The molecule has 0 bridgehead atoms. The number of benzene rings is 1. The van der Waals surface area contributed by atoms with E-state index in [1.807, 2.05) is 18.2 Å². The Morgan fingerprint density at radius 1 is 1.00 bits per heavy atom. The molecule has 0 aliphatic rings. The van der Waals surface area contributed by atoms with Gasteiger partial charge in [-0.2, -0.15) is 0 Å². The third-order valence-electron chi connectivity index (χ3n) is 2.21. The molecule has 0 aliphatic heterocycles. The fourth-order valence-electron chi connectivity index (χ4n) is 1.43. The predicted molar refractivity (Wildman–Crippen MR) is 60.6 cm³/mol. The molecule has 0 amide bonds. The lowest BCUT2D eigenvalue weighted by molar-refractivity contribution is 0.404. The molecule has 16 heavy (non-hydrogen) atoms. The topological polar surface area (TPSA) is 44.2 Å². The van der Waals surface area contributed by atoms with E-state index in [2.05, 4.69) is 9.97 Å². The molecule has 2 aromatic rings. The number of hydrogen-bond donors (Lipinski definition) is 0. The summed E-state index contributed by atoms with van der Waals surface area (Å²) in [5.74, 6) is 2.11. The van der Waals surface area contributed by atoms with Crippen LogP contribution < -0.4 is 9.47 Å². The molecule has 2 rings (SSSR count). The standard InChI is InChI=1S/C12H12N2O2/c1-15-9-4-5-11(16-2)10(8-9)12-13-6-3-7-14-12/h3-8H,1-2H3. The van der Waals surface area contributed by atoms with Crippen molar-refractivity contribution in [2.24, 2.45) is 0 Å². The van der Waals surface area contributed by atoms with Crippen LogP contribution in [-0.4, -0.2) is 24.2 Å². The Morgan fingerprint density at radius 2 is 1.75 bits per heavy atom. The number of ether oxygens (including phenoxy) is 2. The van der Waals surface area contributed by atoms with E-state index in [4.69, 9.17) is 9.47 Å². The molecule has 1 aromatic carbocycles. The smallest absolute Gasteiger partial charge is 0.163 e. The van der Waals surface area contributed by atoms with Crippen molar-refractivity contribution in [3.05, 3.63) is 36.7 Å². The molecule has 0 spiro atoms. The molecular formula is C12H12N2O2. The van der Waals surface area contributed by atoms with Gasteiger partial charge in [0.05, 0.1) is 19.8 Å². The van der Waals surface area contributed by atoms with E-state index in [9.17, 15) is 0 Å². The maximum atomic E-state index is 5.26. The Morgan fingerprint density at radius 3 is 2.38 bits per heavy atom. The van der Waals surface area contributed by atoms with Crippen molar-refractivity contribution in [1.82, 2.24) is 9.97 Å². The van der Waals surface area contributed by atoms with Gasteiger partial charge in [0.15, 0.2) is 5.82 Å². The van der Waals surface area contributed by atoms with Crippen LogP contribution in [0.25, 0.3) is 11.4 Å². The summed E-state index contributed by atoms with van der Waals surface area (Å²) in [5, 5.41) is 0.